The average Bonchev–Trinajstić information content (AvgIpc) is 2.60. The van der Waals surface area contributed by atoms with Crippen LogP contribution < -0.4 is 15.8 Å². The number of rotatable bonds is 8. The summed E-state index contributed by atoms with van der Waals surface area (Å²) in [4.78, 5) is 6.61. The molecule has 1 heterocycles. The van der Waals surface area contributed by atoms with Gasteiger partial charge in [0.15, 0.2) is 17.5 Å². The van der Waals surface area contributed by atoms with Gasteiger partial charge in [0, 0.05) is 19.6 Å². The summed E-state index contributed by atoms with van der Waals surface area (Å²) in [7, 11) is 0. The lowest BCUT2D eigenvalue weighted by atomic mass is 10.2. The molecule has 0 unspecified atom stereocenters. The molecular weight excluding hydrogens is 311 g/mol. The highest BCUT2D eigenvalue weighted by molar-refractivity contribution is 5.77. The van der Waals surface area contributed by atoms with Gasteiger partial charge in [-0.3, -0.25) is 4.90 Å². The van der Waals surface area contributed by atoms with E-state index < -0.39 is 0 Å². The van der Waals surface area contributed by atoms with Crippen molar-refractivity contribution in [2.75, 3.05) is 46.0 Å². The molecule has 0 spiro atoms. The van der Waals surface area contributed by atoms with Crippen molar-refractivity contribution in [1.82, 2.24) is 10.2 Å². The molecule has 0 aromatic heterocycles. The zero-order chi connectivity index (χ0) is 17.2. The quantitative estimate of drug-likeness (QED) is 0.425. The van der Waals surface area contributed by atoms with Crippen molar-refractivity contribution in [1.29, 1.82) is 0 Å². The van der Waals surface area contributed by atoms with Gasteiger partial charge in [-0.15, -0.1) is 0 Å². The molecule has 0 amide bonds. The summed E-state index contributed by atoms with van der Waals surface area (Å²) in [5, 5.41) is 3.09. The SMILES string of the molecule is CCOc1ccc(CN=C(N)NCCCN2CCOCC2)cc1F. The summed E-state index contributed by atoms with van der Waals surface area (Å²) in [6.07, 6.45) is 0.994. The van der Waals surface area contributed by atoms with Crippen LogP contribution in [0.25, 0.3) is 0 Å². The fourth-order valence-electron chi connectivity index (χ4n) is 2.49. The molecule has 1 aromatic rings. The third-order valence-corrected chi connectivity index (χ3v) is 3.79. The average molecular weight is 338 g/mol. The van der Waals surface area contributed by atoms with Crippen LogP contribution in [-0.2, 0) is 11.3 Å². The Morgan fingerprint density at radius 3 is 2.92 bits per heavy atom. The first kappa shape index (κ1) is 18.5. The summed E-state index contributed by atoms with van der Waals surface area (Å²) >= 11 is 0. The largest absolute Gasteiger partial charge is 0.491 e. The van der Waals surface area contributed by atoms with E-state index in [4.69, 9.17) is 15.2 Å². The van der Waals surface area contributed by atoms with Gasteiger partial charge in [0.05, 0.1) is 26.4 Å². The maximum Gasteiger partial charge on any atom is 0.188 e. The van der Waals surface area contributed by atoms with Gasteiger partial charge in [-0.25, -0.2) is 9.38 Å². The van der Waals surface area contributed by atoms with Crippen LogP contribution in [0.5, 0.6) is 5.75 Å². The molecule has 0 saturated carbocycles. The Balaban J connectivity index is 1.68. The standard InChI is InChI=1S/C17H27FN4O2/c1-2-24-16-5-4-14(12-15(16)18)13-21-17(19)20-6-3-7-22-8-10-23-11-9-22/h4-5,12H,2-3,6-11,13H2,1H3,(H3,19,20,21). The lowest BCUT2D eigenvalue weighted by Crippen LogP contribution is -2.39. The minimum absolute atomic E-state index is 0.263. The number of guanidine groups is 1. The zero-order valence-corrected chi connectivity index (χ0v) is 14.3. The molecule has 2 rings (SSSR count). The van der Waals surface area contributed by atoms with E-state index in [1.807, 2.05) is 6.92 Å². The number of halogens is 1. The van der Waals surface area contributed by atoms with Crippen molar-refractivity contribution >= 4 is 5.96 Å². The molecule has 7 heteroatoms. The number of hydrogen-bond donors (Lipinski definition) is 2. The summed E-state index contributed by atoms with van der Waals surface area (Å²) in [5.41, 5.74) is 6.60. The van der Waals surface area contributed by atoms with E-state index in [9.17, 15) is 4.39 Å². The van der Waals surface area contributed by atoms with Crippen molar-refractivity contribution in [3.05, 3.63) is 29.6 Å². The lowest BCUT2D eigenvalue weighted by molar-refractivity contribution is 0.0376. The number of nitrogens with one attached hydrogen (secondary N) is 1. The number of morpholine rings is 1. The zero-order valence-electron chi connectivity index (χ0n) is 14.3. The van der Waals surface area contributed by atoms with E-state index in [0.29, 0.717) is 19.1 Å². The molecule has 0 atom stereocenters. The first-order valence-corrected chi connectivity index (χ1v) is 8.44. The van der Waals surface area contributed by atoms with Crippen LogP contribution in [0.1, 0.15) is 18.9 Å². The monoisotopic (exact) mass is 338 g/mol. The first-order chi connectivity index (χ1) is 11.7. The summed E-state index contributed by atoms with van der Waals surface area (Å²) in [6.45, 7) is 8.01. The number of nitrogens with two attached hydrogens (primary N) is 1. The maximum absolute atomic E-state index is 13.8. The number of nitrogens with zero attached hydrogens (tertiary/aromatic N) is 2. The minimum atomic E-state index is -0.374. The van der Waals surface area contributed by atoms with Gasteiger partial charge in [0.25, 0.3) is 0 Å². The minimum Gasteiger partial charge on any atom is -0.491 e. The van der Waals surface area contributed by atoms with Gasteiger partial charge in [0.1, 0.15) is 0 Å². The second-order valence-electron chi connectivity index (χ2n) is 5.63. The van der Waals surface area contributed by atoms with Crippen molar-refractivity contribution < 1.29 is 13.9 Å². The first-order valence-electron chi connectivity index (χ1n) is 8.44. The van der Waals surface area contributed by atoms with Crippen LogP contribution in [-0.4, -0.2) is 56.9 Å². The predicted octanol–water partition coefficient (Wildman–Crippen LogP) is 1.35. The van der Waals surface area contributed by atoms with Crippen LogP contribution in [0.4, 0.5) is 4.39 Å². The Morgan fingerprint density at radius 2 is 2.21 bits per heavy atom. The Labute approximate surface area is 142 Å². The highest BCUT2D eigenvalue weighted by atomic mass is 19.1. The molecule has 0 aliphatic carbocycles. The molecule has 1 saturated heterocycles. The van der Waals surface area contributed by atoms with Gasteiger partial charge in [0.2, 0.25) is 0 Å². The third kappa shape index (κ3) is 6.33. The van der Waals surface area contributed by atoms with Gasteiger partial charge >= 0.3 is 0 Å². The van der Waals surface area contributed by atoms with Crippen molar-refractivity contribution in [2.24, 2.45) is 10.7 Å². The fourth-order valence-corrected chi connectivity index (χ4v) is 2.49. The van der Waals surface area contributed by atoms with E-state index in [0.717, 1.165) is 51.4 Å². The van der Waals surface area contributed by atoms with E-state index in [2.05, 4.69) is 15.2 Å². The van der Waals surface area contributed by atoms with Crippen LogP contribution >= 0.6 is 0 Å². The molecule has 1 fully saturated rings. The highest BCUT2D eigenvalue weighted by Gasteiger charge is 2.09. The topological polar surface area (TPSA) is 72.1 Å². The molecule has 6 nitrogen and oxygen atoms in total. The van der Waals surface area contributed by atoms with Crippen LogP contribution in [0.15, 0.2) is 23.2 Å². The summed E-state index contributed by atoms with van der Waals surface area (Å²) in [6, 6.07) is 4.85. The highest BCUT2D eigenvalue weighted by Crippen LogP contribution is 2.18. The van der Waals surface area contributed by atoms with E-state index in [1.54, 1.807) is 12.1 Å². The molecule has 24 heavy (non-hydrogen) atoms. The molecule has 0 bridgehead atoms. The second-order valence-corrected chi connectivity index (χ2v) is 5.63. The van der Waals surface area contributed by atoms with E-state index in [-0.39, 0.29) is 11.6 Å². The molecular formula is C17H27FN4O2. The van der Waals surface area contributed by atoms with Crippen LogP contribution in [0.3, 0.4) is 0 Å². The Hall–Kier alpha value is -1.86. The van der Waals surface area contributed by atoms with Gasteiger partial charge in [-0.2, -0.15) is 0 Å². The van der Waals surface area contributed by atoms with E-state index >= 15 is 0 Å². The Morgan fingerprint density at radius 1 is 1.42 bits per heavy atom. The molecule has 0 radical (unpaired) electrons. The lowest BCUT2D eigenvalue weighted by Gasteiger charge is -2.26. The Bertz CT molecular complexity index is 533. The number of ether oxygens (including phenoxy) is 2. The van der Waals surface area contributed by atoms with E-state index in [1.165, 1.54) is 6.07 Å². The van der Waals surface area contributed by atoms with Crippen LogP contribution in [0, 0.1) is 5.82 Å². The van der Waals surface area contributed by atoms with Crippen molar-refractivity contribution in [3.63, 3.8) is 0 Å². The molecule has 1 aromatic carbocycles. The van der Waals surface area contributed by atoms with Crippen molar-refractivity contribution in [2.45, 2.75) is 19.9 Å². The van der Waals surface area contributed by atoms with Crippen molar-refractivity contribution in [3.8, 4) is 5.75 Å². The molecule has 3 N–H and O–H groups in total. The summed E-state index contributed by atoms with van der Waals surface area (Å²) < 4.78 is 24.2. The second kappa shape index (κ2) is 10.1. The number of benzene rings is 1. The van der Waals surface area contributed by atoms with Gasteiger partial charge < -0.3 is 20.5 Å². The number of hydrogen-bond acceptors (Lipinski definition) is 4. The molecule has 1 aliphatic rings. The Kier molecular flexibility index (Phi) is 7.77. The van der Waals surface area contributed by atoms with Crippen LogP contribution in [0.2, 0.25) is 0 Å². The van der Waals surface area contributed by atoms with Gasteiger partial charge in [-0.05, 0) is 37.6 Å². The molecule has 1 aliphatic heterocycles. The van der Waals surface area contributed by atoms with Gasteiger partial charge in [-0.1, -0.05) is 6.07 Å². The third-order valence-electron chi connectivity index (χ3n) is 3.79. The summed E-state index contributed by atoms with van der Waals surface area (Å²) in [5.74, 6) is 0.271. The normalized spacial score (nSPS) is 16.2. The number of aliphatic imine (C=N–C) groups is 1. The maximum atomic E-state index is 13.8. The smallest absolute Gasteiger partial charge is 0.188 e. The predicted molar refractivity (Wildman–Crippen MR) is 92.8 cm³/mol. The fraction of sp³-hybridized carbons (Fsp3) is 0.588. The molecule has 134 valence electrons.